The van der Waals surface area contributed by atoms with Gasteiger partial charge in [0, 0.05) is 24.3 Å². The third-order valence-electron chi connectivity index (χ3n) is 2.05. The average Bonchev–Trinajstić information content (AvgIpc) is 2.58. The minimum absolute atomic E-state index is 0.0519. The van der Waals surface area contributed by atoms with Crippen molar-refractivity contribution in [1.82, 2.24) is 19.6 Å². The van der Waals surface area contributed by atoms with Gasteiger partial charge in [0.2, 0.25) is 5.65 Å². The zero-order valence-electron chi connectivity index (χ0n) is 8.61. The first-order valence-corrected chi connectivity index (χ1v) is 5.16. The number of fused-ring (bicyclic) bond motifs is 1. The fraction of sp³-hybridized carbons (Fsp3) is 0.444. The van der Waals surface area contributed by atoms with E-state index in [-0.39, 0.29) is 5.38 Å². The van der Waals surface area contributed by atoms with Crippen LogP contribution in [0.15, 0.2) is 12.4 Å². The molecule has 0 aliphatic heterocycles. The summed E-state index contributed by atoms with van der Waals surface area (Å²) in [4.78, 5) is 4.20. The van der Waals surface area contributed by atoms with Gasteiger partial charge in [-0.3, -0.25) is 4.40 Å². The summed E-state index contributed by atoms with van der Waals surface area (Å²) in [6, 6.07) is 0. The Hall–Kier alpha value is -1.36. The van der Waals surface area contributed by atoms with Crippen molar-refractivity contribution < 1.29 is 0 Å². The lowest BCUT2D eigenvalue weighted by atomic mass is 10.4. The Balaban J connectivity index is 2.34. The van der Waals surface area contributed by atoms with E-state index in [1.165, 1.54) is 0 Å². The van der Waals surface area contributed by atoms with Gasteiger partial charge in [0.05, 0.1) is 0 Å². The van der Waals surface area contributed by atoms with Crippen molar-refractivity contribution in [2.75, 3.05) is 11.9 Å². The maximum Gasteiger partial charge on any atom is 0.203 e. The molecule has 0 spiro atoms. The van der Waals surface area contributed by atoms with E-state index in [9.17, 15) is 0 Å². The quantitative estimate of drug-likeness (QED) is 0.804. The summed E-state index contributed by atoms with van der Waals surface area (Å²) in [5, 5.41) is 11.2. The number of aryl methyl sites for hydroxylation is 1. The van der Waals surface area contributed by atoms with Crippen molar-refractivity contribution >= 4 is 23.1 Å². The molecule has 0 amide bonds. The number of anilines is 1. The van der Waals surface area contributed by atoms with E-state index in [0.29, 0.717) is 12.4 Å². The lowest BCUT2D eigenvalue weighted by Gasteiger charge is -2.07. The Labute approximate surface area is 92.5 Å². The van der Waals surface area contributed by atoms with Crippen molar-refractivity contribution in [2.45, 2.75) is 19.2 Å². The van der Waals surface area contributed by atoms with Crippen LogP contribution in [0.2, 0.25) is 0 Å². The molecule has 1 atom stereocenters. The maximum atomic E-state index is 5.85. The third-order valence-corrected chi connectivity index (χ3v) is 2.20. The Morgan fingerprint density at radius 3 is 3.07 bits per heavy atom. The fourth-order valence-corrected chi connectivity index (χ4v) is 1.38. The molecule has 2 rings (SSSR count). The van der Waals surface area contributed by atoms with Gasteiger partial charge in [0.15, 0.2) is 5.82 Å². The summed E-state index contributed by atoms with van der Waals surface area (Å²) >= 11 is 5.85. The van der Waals surface area contributed by atoms with E-state index in [1.807, 2.05) is 24.4 Å². The first-order chi connectivity index (χ1) is 7.18. The molecule has 0 bridgehead atoms. The normalized spacial score (nSPS) is 13.0. The lowest BCUT2D eigenvalue weighted by Crippen LogP contribution is -2.12. The molecule has 0 radical (unpaired) electrons. The molecule has 2 aromatic heterocycles. The van der Waals surface area contributed by atoms with Crippen LogP contribution in [-0.4, -0.2) is 31.5 Å². The molecule has 0 fully saturated rings. The molecule has 2 aromatic rings. The Morgan fingerprint density at radius 1 is 1.53 bits per heavy atom. The lowest BCUT2D eigenvalue weighted by molar-refractivity contribution is 0.969. The fourth-order valence-electron chi connectivity index (χ4n) is 1.30. The van der Waals surface area contributed by atoms with Crippen LogP contribution >= 0.6 is 11.6 Å². The summed E-state index contributed by atoms with van der Waals surface area (Å²) in [6.45, 7) is 4.47. The standard InChI is InChI=1S/C9H12ClN5/c1-6(10)5-12-8-9-14-13-7(2)15(9)4-3-11-8/h3-4,6H,5H2,1-2H3,(H,11,12). The number of hydrogen-bond acceptors (Lipinski definition) is 4. The van der Waals surface area contributed by atoms with E-state index in [2.05, 4.69) is 20.5 Å². The van der Waals surface area contributed by atoms with Gasteiger partial charge in [-0.2, -0.15) is 0 Å². The van der Waals surface area contributed by atoms with Crippen molar-refractivity contribution in [2.24, 2.45) is 0 Å². The van der Waals surface area contributed by atoms with Crippen LogP contribution in [0, 0.1) is 6.92 Å². The Morgan fingerprint density at radius 2 is 2.33 bits per heavy atom. The number of alkyl halides is 1. The SMILES string of the molecule is Cc1nnc2c(NCC(C)Cl)nccn12. The molecule has 0 saturated heterocycles. The highest BCUT2D eigenvalue weighted by atomic mass is 35.5. The number of nitrogens with zero attached hydrogens (tertiary/aromatic N) is 4. The largest absolute Gasteiger partial charge is 0.365 e. The highest BCUT2D eigenvalue weighted by Gasteiger charge is 2.07. The zero-order chi connectivity index (χ0) is 10.8. The topological polar surface area (TPSA) is 55.1 Å². The number of halogens is 1. The van der Waals surface area contributed by atoms with Gasteiger partial charge < -0.3 is 5.32 Å². The van der Waals surface area contributed by atoms with Crippen LogP contribution < -0.4 is 5.32 Å². The van der Waals surface area contributed by atoms with E-state index in [0.717, 1.165) is 11.5 Å². The molecule has 0 saturated carbocycles. The van der Waals surface area contributed by atoms with Crippen LogP contribution in [0.25, 0.3) is 5.65 Å². The second-order valence-electron chi connectivity index (χ2n) is 3.38. The molecular formula is C9H12ClN5. The predicted octanol–water partition coefficient (Wildman–Crippen LogP) is 1.47. The van der Waals surface area contributed by atoms with Crippen molar-refractivity contribution in [3.63, 3.8) is 0 Å². The first kappa shape index (κ1) is 10.2. The Bertz CT molecular complexity index is 464. The van der Waals surface area contributed by atoms with Crippen LogP contribution in [-0.2, 0) is 0 Å². The minimum Gasteiger partial charge on any atom is -0.365 e. The molecule has 80 valence electrons. The summed E-state index contributed by atoms with van der Waals surface area (Å²) in [5.41, 5.74) is 0.729. The molecule has 0 aliphatic rings. The summed E-state index contributed by atoms with van der Waals surface area (Å²) in [7, 11) is 0. The highest BCUT2D eigenvalue weighted by Crippen LogP contribution is 2.12. The first-order valence-electron chi connectivity index (χ1n) is 4.73. The van der Waals surface area contributed by atoms with Crippen LogP contribution in [0.5, 0.6) is 0 Å². The van der Waals surface area contributed by atoms with Gasteiger partial charge in [0.1, 0.15) is 5.82 Å². The number of nitrogens with one attached hydrogen (secondary N) is 1. The van der Waals surface area contributed by atoms with Crippen molar-refractivity contribution in [3.05, 3.63) is 18.2 Å². The monoisotopic (exact) mass is 225 g/mol. The Kier molecular flexibility index (Phi) is 2.73. The molecular weight excluding hydrogens is 214 g/mol. The van der Waals surface area contributed by atoms with Gasteiger partial charge in [0.25, 0.3) is 0 Å². The molecule has 15 heavy (non-hydrogen) atoms. The van der Waals surface area contributed by atoms with Gasteiger partial charge in [-0.1, -0.05) is 0 Å². The predicted molar refractivity (Wildman–Crippen MR) is 59.3 cm³/mol. The van der Waals surface area contributed by atoms with Gasteiger partial charge in [-0.05, 0) is 13.8 Å². The zero-order valence-corrected chi connectivity index (χ0v) is 9.36. The summed E-state index contributed by atoms with van der Waals surface area (Å²) in [5.74, 6) is 1.56. The number of hydrogen-bond donors (Lipinski definition) is 1. The molecule has 1 N–H and O–H groups in total. The number of aromatic nitrogens is 4. The van der Waals surface area contributed by atoms with Gasteiger partial charge in [-0.25, -0.2) is 4.98 Å². The molecule has 6 heteroatoms. The van der Waals surface area contributed by atoms with Crippen molar-refractivity contribution in [1.29, 1.82) is 0 Å². The van der Waals surface area contributed by atoms with E-state index in [1.54, 1.807) is 6.20 Å². The van der Waals surface area contributed by atoms with Gasteiger partial charge >= 0.3 is 0 Å². The van der Waals surface area contributed by atoms with Crippen LogP contribution in [0.3, 0.4) is 0 Å². The van der Waals surface area contributed by atoms with E-state index < -0.39 is 0 Å². The number of rotatable bonds is 3. The maximum absolute atomic E-state index is 5.85. The third kappa shape index (κ3) is 2.02. The van der Waals surface area contributed by atoms with Crippen molar-refractivity contribution in [3.8, 4) is 0 Å². The van der Waals surface area contributed by atoms with Crippen LogP contribution in [0.4, 0.5) is 5.82 Å². The second-order valence-corrected chi connectivity index (χ2v) is 4.12. The smallest absolute Gasteiger partial charge is 0.203 e. The van der Waals surface area contributed by atoms with Crippen LogP contribution in [0.1, 0.15) is 12.7 Å². The molecule has 1 unspecified atom stereocenters. The second kappa shape index (κ2) is 4.02. The molecule has 5 nitrogen and oxygen atoms in total. The minimum atomic E-state index is 0.0519. The average molecular weight is 226 g/mol. The summed E-state index contributed by atoms with van der Waals surface area (Å²) < 4.78 is 1.88. The van der Waals surface area contributed by atoms with Gasteiger partial charge in [-0.15, -0.1) is 21.8 Å². The van der Waals surface area contributed by atoms with E-state index >= 15 is 0 Å². The molecule has 0 aromatic carbocycles. The van der Waals surface area contributed by atoms with E-state index in [4.69, 9.17) is 11.6 Å². The molecule has 0 aliphatic carbocycles. The summed E-state index contributed by atoms with van der Waals surface area (Å²) in [6.07, 6.45) is 3.55. The molecule has 2 heterocycles. The highest BCUT2D eigenvalue weighted by molar-refractivity contribution is 6.20.